The Labute approximate surface area is 86.9 Å². The van der Waals surface area contributed by atoms with Crippen LogP contribution in [-0.2, 0) is 14.1 Å². The molecule has 80 valence electrons. The molecule has 5 heteroatoms. The first kappa shape index (κ1) is 9.76. The van der Waals surface area contributed by atoms with Gasteiger partial charge in [-0.2, -0.15) is 5.10 Å². The number of aromatic hydroxyl groups is 1. The average Bonchev–Trinajstić information content (AvgIpc) is 2.50. The Bertz CT molecular complexity index is 565. The molecule has 0 saturated heterocycles. The summed E-state index contributed by atoms with van der Waals surface area (Å²) in [6.07, 6.45) is 0. The molecule has 0 spiro atoms. The van der Waals surface area contributed by atoms with E-state index in [1.165, 1.54) is 9.25 Å². The van der Waals surface area contributed by atoms with E-state index in [0.717, 1.165) is 11.1 Å². The molecular weight excluding hydrogens is 194 g/mol. The van der Waals surface area contributed by atoms with Crippen molar-refractivity contribution in [1.82, 2.24) is 14.3 Å². The van der Waals surface area contributed by atoms with Crippen molar-refractivity contribution in [2.24, 2.45) is 14.1 Å². The second kappa shape index (κ2) is 2.85. The molecule has 0 saturated carbocycles. The third-order valence-electron chi connectivity index (χ3n) is 2.88. The van der Waals surface area contributed by atoms with E-state index in [0.29, 0.717) is 11.4 Å². The van der Waals surface area contributed by atoms with Crippen LogP contribution in [0.15, 0.2) is 4.79 Å². The SMILES string of the molecule is Cc1c(C)c(O)n(C)c2nn(C)c(=O)c1-2. The van der Waals surface area contributed by atoms with Crippen LogP contribution in [0, 0.1) is 13.8 Å². The number of hydrogen-bond acceptors (Lipinski definition) is 3. The Morgan fingerprint density at radius 2 is 1.80 bits per heavy atom. The minimum Gasteiger partial charge on any atom is -0.494 e. The smallest absolute Gasteiger partial charge is 0.277 e. The monoisotopic (exact) mass is 207 g/mol. The van der Waals surface area contributed by atoms with Crippen molar-refractivity contribution >= 4 is 0 Å². The molecule has 0 unspecified atom stereocenters. The van der Waals surface area contributed by atoms with Crippen molar-refractivity contribution in [2.45, 2.75) is 13.8 Å². The van der Waals surface area contributed by atoms with Gasteiger partial charge in [0, 0.05) is 19.7 Å². The van der Waals surface area contributed by atoms with Crippen molar-refractivity contribution < 1.29 is 5.11 Å². The van der Waals surface area contributed by atoms with Crippen LogP contribution in [0.4, 0.5) is 0 Å². The Hall–Kier alpha value is -1.78. The van der Waals surface area contributed by atoms with Gasteiger partial charge in [-0.15, -0.1) is 0 Å². The zero-order valence-electron chi connectivity index (χ0n) is 9.20. The maximum atomic E-state index is 11.8. The predicted octanol–water partition coefficient (Wildman–Crippen LogP) is 0.546. The van der Waals surface area contributed by atoms with Gasteiger partial charge in [-0.1, -0.05) is 0 Å². The summed E-state index contributed by atoms with van der Waals surface area (Å²) in [7, 11) is 3.30. The molecule has 0 fully saturated rings. The van der Waals surface area contributed by atoms with Crippen molar-refractivity contribution in [1.29, 1.82) is 0 Å². The Morgan fingerprint density at radius 1 is 1.20 bits per heavy atom. The highest BCUT2D eigenvalue weighted by Crippen LogP contribution is 2.29. The number of rotatable bonds is 0. The largest absolute Gasteiger partial charge is 0.494 e. The van der Waals surface area contributed by atoms with Crippen LogP contribution < -0.4 is 5.56 Å². The van der Waals surface area contributed by atoms with Gasteiger partial charge in [0.1, 0.15) is 0 Å². The highest BCUT2D eigenvalue weighted by Gasteiger charge is 2.22. The van der Waals surface area contributed by atoms with E-state index in [4.69, 9.17) is 0 Å². The van der Waals surface area contributed by atoms with Crippen LogP contribution in [0.25, 0.3) is 11.4 Å². The second-order valence-corrected chi connectivity index (χ2v) is 3.76. The Kier molecular flexibility index (Phi) is 1.86. The second-order valence-electron chi connectivity index (χ2n) is 3.76. The van der Waals surface area contributed by atoms with E-state index in [2.05, 4.69) is 5.10 Å². The van der Waals surface area contributed by atoms with E-state index in [1.54, 1.807) is 21.0 Å². The standard InChI is InChI=1S/C10H13N3O2/c1-5-6(2)9(14)12(3)8-7(5)10(15)13(4)11-8/h14H,1-4H3. The molecule has 15 heavy (non-hydrogen) atoms. The maximum absolute atomic E-state index is 11.8. The van der Waals surface area contributed by atoms with Gasteiger partial charge in [0.05, 0.1) is 5.56 Å². The average molecular weight is 207 g/mol. The summed E-state index contributed by atoms with van der Waals surface area (Å²) in [5.74, 6) is 0.668. The molecule has 5 nitrogen and oxygen atoms in total. The van der Waals surface area contributed by atoms with Crippen molar-refractivity contribution in [3.8, 4) is 17.3 Å². The molecule has 2 aliphatic heterocycles. The summed E-state index contributed by atoms with van der Waals surface area (Å²) in [4.78, 5) is 11.8. The van der Waals surface area contributed by atoms with Gasteiger partial charge in [0.25, 0.3) is 5.56 Å². The van der Waals surface area contributed by atoms with Gasteiger partial charge in [0.15, 0.2) is 11.7 Å². The van der Waals surface area contributed by atoms with Gasteiger partial charge in [-0.05, 0) is 19.4 Å². The summed E-state index contributed by atoms with van der Waals surface area (Å²) < 4.78 is 2.82. The van der Waals surface area contributed by atoms with Gasteiger partial charge in [-0.25, -0.2) is 4.68 Å². The zero-order valence-corrected chi connectivity index (χ0v) is 9.20. The molecule has 0 bridgehead atoms. The van der Waals surface area contributed by atoms with Gasteiger partial charge in [-0.3, -0.25) is 9.36 Å². The molecule has 2 aliphatic rings. The fraction of sp³-hybridized carbons (Fsp3) is 0.400. The number of nitrogens with zero attached hydrogens (tertiary/aromatic N) is 3. The topological polar surface area (TPSA) is 60.0 Å². The van der Waals surface area contributed by atoms with E-state index in [9.17, 15) is 9.90 Å². The lowest BCUT2D eigenvalue weighted by atomic mass is 10.1. The van der Waals surface area contributed by atoms with Crippen LogP contribution in [0.1, 0.15) is 11.1 Å². The fourth-order valence-electron chi connectivity index (χ4n) is 1.76. The first-order valence-corrected chi connectivity index (χ1v) is 4.67. The summed E-state index contributed by atoms with van der Waals surface area (Å²) >= 11 is 0. The first-order chi connectivity index (χ1) is 6.95. The van der Waals surface area contributed by atoms with Crippen molar-refractivity contribution in [2.75, 3.05) is 0 Å². The van der Waals surface area contributed by atoms with Crippen LogP contribution in [-0.4, -0.2) is 19.5 Å². The number of aryl methyl sites for hydroxylation is 1. The maximum Gasteiger partial charge on any atom is 0.277 e. The Balaban J connectivity index is 3.06. The van der Waals surface area contributed by atoms with E-state index < -0.39 is 0 Å². The third-order valence-corrected chi connectivity index (χ3v) is 2.88. The number of pyridine rings is 1. The molecular formula is C10H13N3O2. The van der Waals surface area contributed by atoms with E-state index in [1.807, 2.05) is 6.92 Å². The molecule has 2 heterocycles. The van der Waals surface area contributed by atoms with Crippen LogP contribution in [0.2, 0.25) is 0 Å². The van der Waals surface area contributed by atoms with Gasteiger partial charge >= 0.3 is 0 Å². The van der Waals surface area contributed by atoms with Crippen LogP contribution in [0.5, 0.6) is 5.88 Å². The summed E-state index contributed by atoms with van der Waals surface area (Å²) in [5.41, 5.74) is 1.96. The van der Waals surface area contributed by atoms with Crippen molar-refractivity contribution in [3.63, 3.8) is 0 Å². The molecule has 2 rings (SSSR count). The lowest BCUT2D eigenvalue weighted by Crippen LogP contribution is -2.13. The molecule has 0 aromatic heterocycles. The van der Waals surface area contributed by atoms with Gasteiger partial charge < -0.3 is 5.11 Å². The number of hydrogen-bond donors (Lipinski definition) is 1. The molecule has 0 aromatic carbocycles. The lowest BCUT2D eigenvalue weighted by molar-refractivity contribution is 0.421. The van der Waals surface area contributed by atoms with Crippen molar-refractivity contribution in [3.05, 3.63) is 21.5 Å². The molecule has 0 amide bonds. The highest BCUT2D eigenvalue weighted by molar-refractivity contribution is 5.65. The fourth-order valence-corrected chi connectivity index (χ4v) is 1.76. The lowest BCUT2D eigenvalue weighted by Gasteiger charge is -2.13. The summed E-state index contributed by atoms with van der Waals surface area (Å²) in [6, 6.07) is 0. The summed E-state index contributed by atoms with van der Waals surface area (Å²) in [5, 5.41) is 13.9. The zero-order chi connectivity index (χ0) is 11.3. The first-order valence-electron chi connectivity index (χ1n) is 4.67. The third kappa shape index (κ3) is 1.09. The molecule has 0 aromatic rings. The minimum absolute atomic E-state index is 0.124. The van der Waals surface area contributed by atoms with E-state index >= 15 is 0 Å². The molecule has 0 radical (unpaired) electrons. The van der Waals surface area contributed by atoms with Gasteiger partial charge in [0.2, 0.25) is 0 Å². The molecule has 0 atom stereocenters. The van der Waals surface area contributed by atoms with Crippen LogP contribution in [0.3, 0.4) is 0 Å². The van der Waals surface area contributed by atoms with Crippen LogP contribution >= 0.6 is 0 Å². The van der Waals surface area contributed by atoms with E-state index in [-0.39, 0.29) is 11.4 Å². The minimum atomic E-state index is -0.124. The quantitative estimate of drug-likeness (QED) is 0.686. The number of aromatic nitrogens is 3. The summed E-state index contributed by atoms with van der Waals surface area (Å²) in [6.45, 7) is 3.61. The molecule has 1 N–H and O–H groups in total. The highest BCUT2D eigenvalue weighted by atomic mass is 16.3. The normalized spacial score (nSPS) is 11.2. The molecule has 0 aliphatic carbocycles. The Morgan fingerprint density at radius 3 is 2.40 bits per heavy atom. The predicted molar refractivity (Wildman–Crippen MR) is 56.2 cm³/mol. The number of fused-ring (bicyclic) bond motifs is 1.